The van der Waals surface area contributed by atoms with Gasteiger partial charge in [-0.15, -0.1) is 0 Å². The van der Waals surface area contributed by atoms with Crippen molar-refractivity contribution in [3.05, 3.63) is 66.2 Å². The van der Waals surface area contributed by atoms with Gasteiger partial charge in [0, 0.05) is 56.5 Å². The molecule has 0 radical (unpaired) electrons. The van der Waals surface area contributed by atoms with Gasteiger partial charge in [-0.2, -0.15) is 5.10 Å². The number of hydrogen-bond acceptors (Lipinski definition) is 6. The van der Waals surface area contributed by atoms with Crippen LogP contribution in [0.3, 0.4) is 0 Å². The molecule has 156 valence electrons. The summed E-state index contributed by atoms with van der Waals surface area (Å²) in [5, 5.41) is 9.93. The molecular formula is C21H25N7O2. The van der Waals surface area contributed by atoms with E-state index in [1.54, 1.807) is 23.3 Å². The second-order valence-electron chi connectivity index (χ2n) is 7.13. The van der Waals surface area contributed by atoms with E-state index in [9.17, 15) is 4.79 Å². The molecule has 0 bridgehead atoms. The maximum atomic E-state index is 12.2. The fourth-order valence-electron chi connectivity index (χ4n) is 3.32. The summed E-state index contributed by atoms with van der Waals surface area (Å²) in [6.45, 7) is 5.20. The minimum Gasteiger partial charge on any atom is -0.375 e. The number of hydrogen-bond donors (Lipinski definition) is 2. The Hall–Kier alpha value is -3.46. The lowest BCUT2D eigenvalue weighted by atomic mass is 10.2. The number of amides is 2. The van der Waals surface area contributed by atoms with Gasteiger partial charge in [-0.25, -0.2) is 19.4 Å². The highest BCUT2D eigenvalue weighted by atomic mass is 16.5. The molecule has 0 saturated carbocycles. The van der Waals surface area contributed by atoms with Crippen molar-refractivity contribution in [2.24, 2.45) is 0 Å². The highest BCUT2D eigenvalue weighted by Crippen LogP contribution is 2.15. The Kier molecular flexibility index (Phi) is 6.19. The first-order valence-electron chi connectivity index (χ1n) is 9.96. The Morgan fingerprint density at radius 3 is 2.83 bits per heavy atom. The third kappa shape index (κ3) is 4.93. The molecule has 0 spiro atoms. The van der Waals surface area contributed by atoms with E-state index in [-0.39, 0.29) is 12.1 Å². The van der Waals surface area contributed by atoms with E-state index < -0.39 is 0 Å². The normalized spacial score (nSPS) is 16.3. The number of nitrogens with one attached hydrogen (secondary N) is 2. The number of aromatic nitrogens is 4. The average molecular weight is 407 g/mol. The van der Waals surface area contributed by atoms with Crippen LogP contribution < -0.4 is 15.5 Å². The zero-order valence-corrected chi connectivity index (χ0v) is 16.9. The number of pyridine rings is 2. The van der Waals surface area contributed by atoms with Crippen LogP contribution in [0.1, 0.15) is 18.1 Å². The molecule has 1 aliphatic heterocycles. The molecule has 30 heavy (non-hydrogen) atoms. The van der Waals surface area contributed by atoms with E-state index in [0.717, 1.165) is 30.0 Å². The summed E-state index contributed by atoms with van der Waals surface area (Å²) in [6.07, 6.45) is 7.22. The predicted octanol–water partition coefficient (Wildman–Crippen LogP) is 1.89. The molecule has 3 aromatic heterocycles. The van der Waals surface area contributed by atoms with Crippen molar-refractivity contribution in [3.8, 4) is 5.82 Å². The van der Waals surface area contributed by atoms with Crippen molar-refractivity contribution in [1.82, 2.24) is 30.4 Å². The first-order chi connectivity index (χ1) is 14.7. The highest BCUT2D eigenvalue weighted by Gasteiger charge is 2.17. The van der Waals surface area contributed by atoms with Gasteiger partial charge in [0.2, 0.25) is 0 Å². The van der Waals surface area contributed by atoms with Gasteiger partial charge in [0.05, 0.1) is 12.7 Å². The standard InChI is InChI=1S/C21H25N7O2/c1-16-15-27(10-11-30-16)19-6-5-17(12-23-19)13-24-21(29)25-14-18-4-2-7-22-20(18)28-9-3-8-26-28/h2-9,12,16H,10-11,13-15H2,1H3,(H2,24,25,29). The summed E-state index contributed by atoms with van der Waals surface area (Å²) in [4.78, 5) is 23.3. The Bertz CT molecular complexity index is 960. The minimum atomic E-state index is -0.253. The lowest BCUT2D eigenvalue weighted by Gasteiger charge is -2.32. The van der Waals surface area contributed by atoms with Crippen molar-refractivity contribution in [3.63, 3.8) is 0 Å². The Morgan fingerprint density at radius 1 is 1.17 bits per heavy atom. The Balaban J connectivity index is 1.27. The molecule has 1 unspecified atom stereocenters. The van der Waals surface area contributed by atoms with E-state index in [2.05, 4.69) is 37.5 Å². The van der Waals surface area contributed by atoms with Crippen LogP contribution in [0.25, 0.3) is 5.82 Å². The molecule has 1 saturated heterocycles. The molecule has 1 aliphatic rings. The predicted molar refractivity (Wildman–Crippen MR) is 112 cm³/mol. The summed E-state index contributed by atoms with van der Waals surface area (Å²) in [5.41, 5.74) is 1.82. The molecule has 1 fully saturated rings. The number of anilines is 1. The van der Waals surface area contributed by atoms with Gasteiger partial charge < -0.3 is 20.3 Å². The van der Waals surface area contributed by atoms with E-state index in [1.807, 2.05) is 36.5 Å². The fourth-order valence-corrected chi connectivity index (χ4v) is 3.32. The highest BCUT2D eigenvalue weighted by molar-refractivity contribution is 5.73. The van der Waals surface area contributed by atoms with Gasteiger partial charge in [-0.3, -0.25) is 0 Å². The smallest absolute Gasteiger partial charge is 0.315 e. The average Bonchev–Trinajstić information content (AvgIpc) is 3.32. The molecule has 4 rings (SSSR count). The SMILES string of the molecule is CC1CN(c2ccc(CNC(=O)NCc3cccnc3-n3cccn3)cn2)CCO1. The first-order valence-corrected chi connectivity index (χ1v) is 9.96. The summed E-state index contributed by atoms with van der Waals surface area (Å²) >= 11 is 0. The summed E-state index contributed by atoms with van der Waals surface area (Å²) in [7, 11) is 0. The molecular weight excluding hydrogens is 382 g/mol. The van der Waals surface area contributed by atoms with E-state index in [1.165, 1.54) is 0 Å². The third-order valence-corrected chi connectivity index (χ3v) is 4.86. The van der Waals surface area contributed by atoms with E-state index in [0.29, 0.717) is 25.5 Å². The van der Waals surface area contributed by atoms with Crippen LogP contribution in [0.5, 0.6) is 0 Å². The number of urea groups is 1. The van der Waals surface area contributed by atoms with Crippen molar-refractivity contribution in [2.45, 2.75) is 26.1 Å². The Labute approximate surface area is 175 Å². The van der Waals surface area contributed by atoms with Crippen molar-refractivity contribution >= 4 is 11.8 Å². The fraction of sp³-hybridized carbons (Fsp3) is 0.333. The van der Waals surface area contributed by atoms with Crippen LogP contribution in [-0.4, -0.2) is 51.6 Å². The number of morpholine rings is 1. The van der Waals surface area contributed by atoms with Gasteiger partial charge >= 0.3 is 6.03 Å². The molecule has 3 aromatic rings. The summed E-state index contributed by atoms with van der Waals surface area (Å²) in [6, 6.07) is 9.30. The van der Waals surface area contributed by atoms with Crippen molar-refractivity contribution in [1.29, 1.82) is 0 Å². The third-order valence-electron chi connectivity index (χ3n) is 4.86. The van der Waals surface area contributed by atoms with Gasteiger partial charge in [-0.1, -0.05) is 12.1 Å². The van der Waals surface area contributed by atoms with Crippen molar-refractivity contribution < 1.29 is 9.53 Å². The first kappa shape index (κ1) is 19.8. The van der Waals surface area contributed by atoms with Crippen LogP contribution in [0.15, 0.2) is 55.1 Å². The molecule has 2 amide bonds. The van der Waals surface area contributed by atoms with Gasteiger partial charge in [0.25, 0.3) is 0 Å². The Morgan fingerprint density at radius 2 is 2.07 bits per heavy atom. The number of carbonyl (C=O) groups excluding carboxylic acids is 1. The summed E-state index contributed by atoms with van der Waals surface area (Å²) in [5.74, 6) is 1.63. The number of ether oxygens (including phenoxy) is 1. The number of rotatable bonds is 6. The van der Waals surface area contributed by atoms with Gasteiger partial charge in [0.1, 0.15) is 5.82 Å². The van der Waals surface area contributed by atoms with Crippen molar-refractivity contribution in [2.75, 3.05) is 24.6 Å². The van der Waals surface area contributed by atoms with E-state index in [4.69, 9.17) is 4.74 Å². The van der Waals surface area contributed by atoms with Crippen LogP contribution in [0, 0.1) is 0 Å². The van der Waals surface area contributed by atoms with E-state index >= 15 is 0 Å². The van der Waals surface area contributed by atoms with Crippen LogP contribution in [0.4, 0.5) is 10.6 Å². The monoisotopic (exact) mass is 407 g/mol. The largest absolute Gasteiger partial charge is 0.375 e. The number of nitrogens with zero attached hydrogens (tertiary/aromatic N) is 5. The second kappa shape index (κ2) is 9.36. The molecule has 0 aliphatic carbocycles. The lowest BCUT2D eigenvalue weighted by molar-refractivity contribution is 0.0529. The summed E-state index contributed by atoms with van der Waals surface area (Å²) < 4.78 is 7.25. The van der Waals surface area contributed by atoms with Crippen LogP contribution in [-0.2, 0) is 17.8 Å². The lowest BCUT2D eigenvalue weighted by Crippen LogP contribution is -2.41. The maximum absolute atomic E-state index is 12.2. The van der Waals surface area contributed by atoms with Gasteiger partial charge in [-0.05, 0) is 30.7 Å². The molecule has 1 atom stereocenters. The zero-order chi connectivity index (χ0) is 20.8. The topological polar surface area (TPSA) is 97.2 Å². The van der Waals surface area contributed by atoms with Crippen LogP contribution in [0.2, 0.25) is 0 Å². The second-order valence-corrected chi connectivity index (χ2v) is 7.13. The number of carbonyl (C=O) groups is 1. The molecule has 4 heterocycles. The zero-order valence-electron chi connectivity index (χ0n) is 16.9. The quantitative estimate of drug-likeness (QED) is 0.648. The minimum absolute atomic E-state index is 0.208. The molecule has 9 heteroatoms. The maximum Gasteiger partial charge on any atom is 0.315 e. The van der Waals surface area contributed by atoms with Crippen LogP contribution >= 0.6 is 0 Å². The molecule has 2 N–H and O–H groups in total. The molecule has 0 aromatic carbocycles. The van der Waals surface area contributed by atoms with Gasteiger partial charge in [0.15, 0.2) is 5.82 Å². The molecule has 9 nitrogen and oxygen atoms in total.